The van der Waals surface area contributed by atoms with Crippen LogP contribution in [-0.4, -0.2) is 66.9 Å². The first-order chi connectivity index (χ1) is 16.5. The molecule has 2 aliphatic heterocycles. The molecule has 7 nitrogen and oxygen atoms in total. The molecule has 0 bridgehead atoms. The molecule has 2 aromatic carbocycles. The zero-order valence-electron chi connectivity index (χ0n) is 19.3. The van der Waals surface area contributed by atoms with Gasteiger partial charge in [-0.1, -0.05) is 6.07 Å². The Bertz CT molecular complexity index is 1030. The van der Waals surface area contributed by atoms with E-state index in [1.807, 2.05) is 4.90 Å². The smallest absolute Gasteiger partial charge is 0.253 e. The van der Waals surface area contributed by atoms with Crippen molar-refractivity contribution < 1.29 is 23.5 Å². The summed E-state index contributed by atoms with van der Waals surface area (Å²) in [5.74, 6) is -0.435. The molecule has 4 rings (SSSR count). The molecule has 0 saturated carbocycles. The molecule has 180 valence electrons. The highest BCUT2D eigenvalue weighted by Crippen LogP contribution is 2.25. The largest absolute Gasteiger partial charge is 0.497 e. The Morgan fingerprint density at radius 3 is 2.26 bits per heavy atom. The van der Waals surface area contributed by atoms with Crippen molar-refractivity contribution in [3.05, 3.63) is 65.5 Å². The van der Waals surface area contributed by atoms with Gasteiger partial charge < -0.3 is 19.9 Å². The Balaban J connectivity index is 1.45. The zero-order valence-corrected chi connectivity index (χ0v) is 19.3. The summed E-state index contributed by atoms with van der Waals surface area (Å²) in [6.07, 6.45) is 3.11. The molecular formula is C26H30FN3O4. The predicted octanol–water partition coefficient (Wildman–Crippen LogP) is 3.11. The number of nitrogens with one attached hydrogen (secondary N) is 1. The number of piperidine rings is 1. The lowest BCUT2D eigenvalue weighted by Crippen LogP contribution is -2.54. The lowest BCUT2D eigenvalue weighted by Gasteiger charge is -2.37. The maximum Gasteiger partial charge on any atom is 0.253 e. The number of benzene rings is 2. The van der Waals surface area contributed by atoms with E-state index in [0.29, 0.717) is 55.9 Å². The van der Waals surface area contributed by atoms with E-state index in [1.54, 1.807) is 36.3 Å². The molecule has 2 aromatic rings. The molecule has 8 heteroatoms. The summed E-state index contributed by atoms with van der Waals surface area (Å²) in [6, 6.07) is 11.7. The lowest BCUT2D eigenvalue weighted by molar-refractivity contribution is -0.134. The molecule has 0 spiro atoms. The van der Waals surface area contributed by atoms with E-state index in [1.165, 1.54) is 24.3 Å². The third-order valence-corrected chi connectivity index (χ3v) is 6.69. The molecule has 3 amide bonds. The minimum Gasteiger partial charge on any atom is -0.497 e. The second-order valence-electron chi connectivity index (χ2n) is 8.85. The lowest BCUT2D eigenvalue weighted by atomic mass is 9.88. The van der Waals surface area contributed by atoms with E-state index in [-0.39, 0.29) is 17.7 Å². The van der Waals surface area contributed by atoms with Gasteiger partial charge in [0.25, 0.3) is 11.8 Å². The highest BCUT2D eigenvalue weighted by molar-refractivity contribution is 5.98. The fourth-order valence-corrected chi connectivity index (χ4v) is 4.72. The number of hydrogen-bond donors (Lipinski definition) is 1. The Kier molecular flexibility index (Phi) is 7.45. The van der Waals surface area contributed by atoms with Gasteiger partial charge in [0.2, 0.25) is 5.91 Å². The van der Waals surface area contributed by atoms with Crippen molar-refractivity contribution in [2.75, 3.05) is 33.3 Å². The van der Waals surface area contributed by atoms with Crippen LogP contribution in [0, 0.1) is 11.7 Å². The summed E-state index contributed by atoms with van der Waals surface area (Å²) in [5.41, 5.74) is 0.873. The highest BCUT2D eigenvalue weighted by atomic mass is 19.1. The minimum atomic E-state index is -0.676. The van der Waals surface area contributed by atoms with Crippen LogP contribution in [0.1, 0.15) is 46.4 Å². The monoisotopic (exact) mass is 467 g/mol. The molecule has 0 radical (unpaired) electrons. The van der Waals surface area contributed by atoms with Crippen LogP contribution in [0.25, 0.3) is 0 Å². The van der Waals surface area contributed by atoms with Crippen molar-refractivity contribution in [2.45, 2.75) is 31.7 Å². The zero-order chi connectivity index (χ0) is 24.1. The number of likely N-dealkylation sites (tertiary alicyclic amines) is 2. The van der Waals surface area contributed by atoms with E-state index in [2.05, 4.69) is 5.32 Å². The van der Waals surface area contributed by atoms with Crippen LogP contribution in [-0.2, 0) is 4.79 Å². The van der Waals surface area contributed by atoms with Gasteiger partial charge in [-0.25, -0.2) is 4.39 Å². The predicted molar refractivity (Wildman–Crippen MR) is 125 cm³/mol. The second kappa shape index (κ2) is 10.7. The first-order valence-corrected chi connectivity index (χ1v) is 11.7. The van der Waals surface area contributed by atoms with Crippen LogP contribution in [0.15, 0.2) is 48.5 Å². The van der Waals surface area contributed by atoms with Gasteiger partial charge in [-0.3, -0.25) is 14.4 Å². The fourth-order valence-electron chi connectivity index (χ4n) is 4.72. The maximum atomic E-state index is 13.3. The van der Waals surface area contributed by atoms with Gasteiger partial charge in [-0.15, -0.1) is 0 Å². The van der Waals surface area contributed by atoms with Crippen molar-refractivity contribution in [3.8, 4) is 5.75 Å². The molecule has 0 aliphatic carbocycles. The molecule has 2 saturated heterocycles. The molecule has 0 aromatic heterocycles. The first kappa shape index (κ1) is 23.7. The van der Waals surface area contributed by atoms with E-state index < -0.39 is 17.8 Å². The first-order valence-electron chi connectivity index (χ1n) is 11.7. The fraction of sp³-hybridized carbons (Fsp3) is 0.423. The number of nitrogens with zero attached hydrogens (tertiary/aromatic N) is 2. The molecule has 2 heterocycles. The number of halogens is 1. The molecule has 34 heavy (non-hydrogen) atoms. The number of carbonyl (C=O) groups is 3. The normalized spacial score (nSPS) is 17.4. The number of methoxy groups -OCH3 is 1. The van der Waals surface area contributed by atoms with Crippen molar-refractivity contribution >= 4 is 17.7 Å². The van der Waals surface area contributed by atoms with Gasteiger partial charge in [-0.05, 0) is 74.1 Å². The van der Waals surface area contributed by atoms with Crippen molar-refractivity contribution in [3.63, 3.8) is 0 Å². The standard InChI is InChI=1S/C26H30FN3O4/c1-34-22-6-4-5-20(17-22)25(32)30-15-11-18(12-16-30)23(26(33)29-13-2-3-14-29)28-24(31)19-7-9-21(27)10-8-19/h4-10,17-18,23H,2-3,11-16H2,1H3,(H,28,31). The summed E-state index contributed by atoms with van der Waals surface area (Å²) >= 11 is 0. The van der Waals surface area contributed by atoms with Crippen molar-refractivity contribution in [2.24, 2.45) is 5.92 Å². The molecular weight excluding hydrogens is 437 g/mol. The summed E-state index contributed by atoms with van der Waals surface area (Å²) in [7, 11) is 1.56. The van der Waals surface area contributed by atoms with Crippen molar-refractivity contribution in [1.29, 1.82) is 0 Å². The van der Waals surface area contributed by atoms with Gasteiger partial charge >= 0.3 is 0 Å². The Hall–Kier alpha value is -3.42. The molecule has 2 aliphatic rings. The average molecular weight is 468 g/mol. The SMILES string of the molecule is COc1cccc(C(=O)N2CCC(C(NC(=O)c3ccc(F)cc3)C(=O)N3CCCC3)CC2)c1. The Labute approximate surface area is 198 Å². The quantitative estimate of drug-likeness (QED) is 0.708. The van der Waals surface area contributed by atoms with Gasteiger partial charge in [0.1, 0.15) is 17.6 Å². The highest BCUT2D eigenvalue weighted by Gasteiger charge is 2.37. The minimum absolute atomic E-state index is 0.0740. The number of amides is 3. The second-order valence-corrected chi connectivity index (χ2v) is 8.85. The third kappa shape index (κ3) is 5.38. The maximum absolute atomic E-state index is 13.3. The van der Waals surface area contributed by atoms with Gasteiger partial charge in [0.05, 0.1) is 7.11 Å². The summed E-state index contributed by atoms with van der Waals surface area (Å²) in [5, 5.41) is 2.92. The summed E-state index contributed by atoms with van der Waals surface area (Å²) in [4.78, 5) is 42.8. The van der Waals surface area contributed by atoms with E-state index in [0.717, 1.165) is 12.8 Å². The van der Waals surface area contributed by atoms with E-state index in [4.69, 9.17) is 4.74 Å². The molecule has 1 atom stereocenters. The molecule has 1 unspecified atom stereocenters. The number of rotatable bonds is 6. The van der Waals surface area contributed by atoms with Crippen LogP contribution >= 0.6 is 0 Å². The topological polar surface area (TPSA) is 79.0 Å². The molecule has 2 fully saturated rings. The van der Waals surface area contributed by atoms with Gasteiger partial charge in [-0.2, -0.15) is 0 Å². The van der Waals surface area contributed by atoms with Crippen LogP contribution in [0.2, 0.25) is 0 Å². The number of ether oxygens (including phenoxy) is 1. The summed E-state index contributed by atoms with van der Waals surface area (Å²) in [6.45, 7) is 2.37. The van der Waals surface area contributed by atoms with Gasteiger partial charge in [0.15, 0.2) is 0 Å². The summed E-state index contributed by atoms with van der Waals surface area (Å²) < 4.78 is 18.5. The van der Waals surface area contributed by atoms with Crippen LogP contribution in [0.3, 0.4) is 0 Å². The van der Waals surface area contributed by atoms with E-state index >= 15 is 0 Å². The van der Waals surface area contributed by atoms with Crippen molar-refractivity contribution in [1.82, 2.24) is 15.1 Å². The van der Waals surface area contributed by atoms with Gasteiger partial charge in [0, 0.05) is 37.3 Å². The molecule has 1 N–H and O–H groups in total. The van der Waals surface area contributed by atoms with Crippen LogP contribution < -0.4 is 10.1 Å². The van der Waals surface area contributed by atoms with Crippen LogP contribution in [0.4, 0.5) is 4.39 Å². The number of carbonyl (C=O) groups excluding carboxylic acids is 3. The number of hydrogen-bond acceptors (Lipinski definition) is 4. The Morgan fingerprint density at radius 1 is 0.941 bits per heavy atom. The average Bonchev–Trinajstić information content (AvgIpc) is 3.42. The Morgan fingerprint density at radius 2 is 1.62 bits per heavy atom. The van der Waals surface area contributed by atoms with Crippen LogP contribution in [0.5, 0.6) is 5.75 Å². The van der Waals surface area contributed by atoms with E-state index in [9.17, 15) is 18.8 Å². The third-order valence-electron chi connectivity index (χ3n) is 6.69.